The van der Waals surface area contributed by atoms with Crippen LogP contribution in [-0.4, -0.2) is 33.9 Å². The second-order valence-electron chi connectivity index (χ2n) is 6.89. The minimum atomic E-state index is -0.468. The standard InChI is InChI=1S/C22H19ClFN3O/c23-19-9-8-17(24)13-18(19)22(28)27-12-4-7-16(14-27)20-10-11-25-21(26-20)15-5-2-1-3-6-15/h1-3,5-6,8-11,13,16H,4,7,12,14H2. The highest BCUT2D eigenvalue weighted by molar-refractivity contribution is 6.33. The molecule has 0 aliphatic carbocycles. The van der Waals surface area contributed by atoms with Crippen LogP contribution in [0.4, 0.5) is 4.39 Å². The van der Waals surface area contributed by atoms with Gasteiger partial charge in [-0.15, -0.1) is 0 Å². The molecule has 0 bridgehead atoms. The normalized spacial score (nSPS) is 16.8. The number of aromatic nitrogens is 2. The van der Waals surface area contributed by atoms with Crippen LogP contribution in [0.3, 0.4) is 0 Å². The van der Waals surface area contributed by atoms with E-state index in [4.69, 9.17) is 16.6 Å². The third kappa shape index (κ3) is 3.90. The molecule has 2 aromatic carbocycles. The Kier molecular flexibility index (Phi) is 5.35. The fourth-order valence-corrected chi connectivity index (χ4v) is 3.76. The molecule has 0 spiro atoms. The van der Waals surface area contributed by atoms with Crippen LogP contribution >= 0.6 is 11.6 Å². The van der Waals surface area contributed by atoms with Gasteiger partial charge in [0, 0.05) is 36.5 Å². The number of carbonyl (C=O) groups is 1. The van der Waals surface area contributed by atoms with Crippen molar-refractivity contribution in [2.24, 2.45) is 0 Å². The van der Waals surface area contributed by atoms with Crippen molar-refractivity contribution in [3.63, 3.8) is 0 Å². The van der Waals surface area contributed by atoms with E-state index in [2.05, 4.69) is 4.98 Å². The van der Waals surface area contributed by atoms with Crippen molar-refractivity contribution in [3.8, 4) is 11.4 Å². The second kappa shape index (κ2) is 8.07. The summed E-state index contributed by atoms with van der Waals surface area (Å²) in [7, 11) is 0. The number of carbonyl (C=O) groups excluding carboxylic acids is 1. The first-order valence-corrected chi connectivity index (χ1v) is 9.62. The van der Waals surface area contributed by atoms with E-state index >= 15 is 0 Å². The van der Waals surface area contributed by atoms with Crippen LogP contribution in [0.15, 0.2) is 60.8 Å². The van der Waals surface area contributed by atoms with Crippen LogP contribution < -0.4 is 0 Å². The van der Waals surface area contributed by atoms with Gasteiger partial charge in [-0.25, -0.2) is 14.4 Å². The van der Waals surface area contributed by atoms with Crippen LogP contribution in [0.2, 0.25) is 5.02 Å². The maximum Gasteiger partial charge on any atom is 0.255 e. The number of amides is 1. The second-order valence-corrected chi connectivity index (χ2v) is 7.29. The van der Waals surface area contributed by atoms with Crippen molar-refractivity contribution in [2.45, 2.75) is 18.8 Å². The van der Waals surface area contributed by atoms with Crippen molar-refractivity contribution in [1.29, 1.82) is 0 Å². The summed E-state index contributed by atoms with van der Waals surface area (Å²) in [5.74, 6) is 0.0707. The molecule has 6 heteroatoms. The average Bonchev–Trinajstić information content (AvgIpc) is 2.76. The SMILES string of the molecule is O=C(c1cc(F)ccc1Cl)N1CCCC(c2ccnc(-c3ccccc3)n2)C1. The van der Waals surface area contributed by atoms with Gasteiger partial charge in [0.2, 0.25) is 0 Å². The zero-order chi connectivity index (χ0) is 19.5. The third-order valence-corrected chi connectivity index (χ3v) is 5.32. The van der Waals surface area contributed by atoms with Crippen molar-refractivity contribution in [2.75, 3.05) is 13.1 Å². The third-order valence-electron chi connectivity index (χ3n) is 4.99. The van der Waals surface area contributed by atoms with Gasteiger partial charge in [-0.1, -0.05) is 41.9 Å². The van der Waals surface area contributed by atoms with Crippen molar-refractivity contribution in [3.05, 3.63) is 82.9 Å². The van der Waals surface area contributed by atoms with E-state index in [1.54, 1.807) is 11.1 Å². The molecule has 2 heterocycles. The minimum Gasteiger partial charge on any atom is -0.338 e. The number of hydrogen-bond acceptors (Lipinski definition) is 3. The number of hydrogen-bond donors (Lipinski definition) is 0. The molecule has 1 amide bonds. The number of likely N-dealkylation sites (tertiary alicyclic amines) is 1. The number of nitrogens with zero attached hydrogens (tertiary/aromatic N) is 3. The molecule has 142 valence electrons. The smallest absolute Gasteiger partial charge is 0.255 e. The molecular weight excluding hydrogens is 377 g/mol. The van der Waals surface area contributed by atoms with Crippen LogP contribution in [0.25, 0.3) is 11.4 Å². The molecule has 28 heavy (non-hydrogen) atoms. The van der Waals surface area contributed by atoms with Crippen LogP contribution in [-0.2, 0) is 0 Å². The number of halogens is 2. The first-order valence-electron chi connectivity index (χ1n) is 9.24. The van der Waals surface area contributed by atoms with Crippen molar-refractivity contribution in [1.82, 2.24) is 14.9 Å². The van der Waals surface area contributed by atoms with E-state index in [9.17, 15) is 9.18 Å². The minimum absolute atomic E-state index is 0.107. The maximum atomic E-state index is 13.6. The molecule has 4 rings (SSSR count). The summed E-state index contributed by atoms with van der Waals surface area (Å²) in [4.78, 5) is 23.7. The summed E-state index contributed by atoms with van der Waals surface area (Å²) in [6, 6.07) is 15.6. The molecule has 3 aromatic rings. The molecule has 1 aliphatic heterocycles. The number of rotatable bonds is 3. The molecule has 0 radical (unpaired) electrons. The monoisotopic (exact) mass is 395 g/mol. The summed E-state index contributed by atoms with van der Waals surface area (Å²) >= 11 is 6.12. The van der Waals surface area contributed by atoms with Gasteiger partial charge in [0.1, 0.15) is 5.82 Å². The molecule has 4 nitrogen and oxygen atoms in total. The average molecular weight is 396 g/mol. The van der Waals surface area contributed by atoms with Crippen molar-refractivity contribution < 1.29 is 9.18 Å². The van der Waals surface area contributed by atoms with Gasteiger partial charge in [-0.2, -0.15) is 0 Å². The van der Waals surface area contributed by atoms with E-state index in [1.165, 1.54) is 18.2 Å². The lowest BCUT2D eigenvalue weighted by molar-refractivity contribution is 0.0705. The highest BCUT2D eigenvalue weighted by Crippen LogP contribution is 2.29. The summed E-state index contributed by atoms with van der Waals surface area (Å²) < 4.78 is 13.6. The topological polar surface area (TPSA) is 46.1 Å². The van der Waals surface area contributed by atoms with E-state index in [0.29, 0.717) is 18.9 Å². The summed E-state index contributed by atoms with van der Waals surface area (Å²) in [5, 5.41) is 0.266. The van der Waals surface area contributed by atoms with E-state index in [-0.39, 0.29) is 22.4 Å². The zero-order valence-electron chi connectivity index (χ0n) is 15.2. The van der Waals surface area contributed by atoms with Gasteiger partial charge in [0.25, 0.3) is 5.91 Å². The fraction of sp³-hybridized carbons (Fsp3) is 0.227. The quantitative estimate of drug-likeness (QED) is 0.630. The maximum absolute atomic E-state index is 13.6. The Morgan fingerprint density at radius 3 is 2.79 bits per heavy atom. The van der Waals surface area contributed by atoms with E-state index in [0.717, 1.165) is 24.1 Å². The van der Waals surface area contributed by atoms with E-state index in [1.807, 2.05) is 36.4 Å². The molecule has 1 aromatic heterocycles. The predicted octanol–water partition coefficient (Wildman–Crippen LogP) is 4.96. The predicted molar refractivity (Wildman–Crippen MR) is 107 cm³/mol. The molecule has 0 N–H and O–H groups in total. The Morgan fingerprint density at radius 2 is 1.96 bits per heavy atom. The van der Waals surface area contributed by atoms with Gasteiger partial charge in [0.15, 0.2) is 5.82 Å². The van der Waals surface area contributed by atoms with E-state index < -0.39 is 5.82 Å². The Labute approximate surface area is 168 Å². The Balaban J connectivity index is 1.56. The molecular formula is C22H19ClFN3O. The lowest BCUT2D eigenvalue weighted by atomic mass is 9.94. The van der Waals surface area contributed by atoms with Crippen LogP contribution in [0.5, 0.6) is 0 Å². The molecule has 0 saturated carbocycles. The number of piperidine rings is 1. The lowest BCUT2D eigenvalue weighted by Gasteiger charge is -2.32. The highest BCUT2D eigenvalue weighted by atomic mass is 35.5. The van der Waals surface area contributed by atoms with Crippen molar-refractivity contribution >= 4 is 17.5 Å². The summed E-state index contributed by atoms with van der Waals surface area (Å²) in [6.45, 7) is 1.15. The lowest BCUT2D eigenvalue weighted by Crippen LogP contribution is -2.39. The van der Waals surface area contributed by atoms with Gasteiger partial charge in [0.05, 0.1) is 10.6 Å². The largest absolute Gasteiger partial charge is 0.338 e. The van der Waals surface area contributed by atoms with Gasteiger partial charge >= 0.3 is 0 Å². The first-order chi connectivity index (χ1) is 13.6. The fourth-order valence-electron chi connectivity index (χ4n) is 3.56. The van der Waals surface area contributed by atoms with Crippen LogP contribution in [0, 0.1) is 5.82 Å². The molecule has 1 saturated heterocycles. The Morgan fingerprint density at radius 1 is 1.14 bits per heavy atom. The Hall–Kier alpha value is -2.79. The number of benzene rings is 2. The molecule has 1 aliphatic rings. The highest BCUT2D eigenvalue weighted by Gasteiger charge is 2.27. The molecule has 1 fully saturated rings. The summed E-state index contributed by atoms with van der Waals surface area (Å²) in [5.41, 5.74) is 2.08. The van der Waals surface area contributed by atoms with Gasteiger partial charge in [-0.3, -0.25) is 4.79 Å². The van der Waals surface area contributed by atoms with Gasteiger partial charge in [-0.05, 0) is 37.1 Å². The molecule has 1 atom stereocenters. The first kappa shape index (κ1) is 18.6. The molecule has 1 unspecified atom stereocenters. The van der Waals surface area contributed by atoms with Crippen LogP contribution in [0.1, 0.15) is 34.8 Å². The van der Waals surface area contributed by atoms with Gasteiger partial charge < -0.3 is 4.90 Å². The summed E-state index contributed by atoms with van der Waals surface area (Å²) in [6.07, 6.45) is 3.55. The zero-order valence-corrected chi connectivity index (χ0v) is 15.9. The Bertz CT molecular complexity index is 996.